The summed E-state index contributed by atoms with van der Waals surface area (Å²) in [6.45, 7) is 1.74. The second-order valence-electron chi connectivity index (χ2n) is 3.21. The summed E-state index contributed by atoms with van der Waals surface area (Å²) in [7, 11) is -3.47. The highest BCUT2D eigenvalue weighted by atomic mass is 35.5. The van der Waals surface area contributed by atoms with Crippen molar-refractivity contribution in [2.75, 3.05) is 5.75 Å². The van der Waals surface area contributed by atoms with Gasteiger partial charge in [0.05, 0.1) is 15.4 Å². The van der Waals surface area contributed by atoms with Crippen molar-refractivity contribution in [2.24, 2.45) is 5.73 Å². The van der Waals surface area contributed by atoms with Crippen molar-refractivity contribution in [1.29, 1.82) is 0 Å². The first-order chi connectivity index (χ1) is 7.30. The molecule has 0 saturated carbocycles. The Hall–Kier alpha value is -0.210. The molecule has 1 aromatic heterocycles. The van der Waals surface area contributed by atoms with E-state index in [-0.39, 0.29) is 16.8 Å². The van der Waals surface area contributed by atoms with E-state index < -0.39 is 10.0 Å². The van der Waals surface area contributed by atoms with E-state index in [9.17, 15) is 8.42 Å². The number of hydrogen-bond acceptors (Lipinski definition) is 4. The topological polar surface area (TPSA) is 72.2 Å². The molecule has 1 rings (SSSR count). The number of nitrogens with two attached hydrogens (primary N) is 1. The van der Waals surface area contributed by atoms with Gasteiger partial charge < -0.3 is 5.73 Å². The number of halogens is 1. The molecule has 0 amide bonds. The quantitative estimate of drug-likeness (QED) is 0.811. The van der Waals surface area contributed by atoms with Crippen LogP contribution in [0.3, 0.4) is 0 Å². The van der Waals surface area contributed by atoms with Gasteiger partial charge in [0.25, 0.3) is 0 Å². The molecule has 1 unspecified atom stereocenters. The van der Waals surface area contributed by atoms with Gasteiger partial charge >= 0.3 is 0 Å². The van der Waals surface area contributed by atoms with E-state index in [0.717, 1.165) is 4.88 Å². The molecule has 4 nitrogen and oxygen atoms in total. The SMILES string of the molecule is CC(NS(=O)(=O)CC(N)=S)c1ccc(Cl)s1. The third kappa shape index (κ3) is 4.34. The Labute approximate surface area is 109 Å². The van der Waals surface area contributed by atoms with Crippen molar-refractivity contribution in [3.63, 3.8) is 0 Å². The van der Waals surface area contributed by atoms with Gasteiger partial charge in [0.15, 0.2) is 0 Å². The molecule has 0 aromatic carbocycles. The predicted molar refractivity (Wildman–Crippen MR) is 71.5 cm³/mol. The molecular formula is C8H11ClN2O2S3. The molecule has 1 heterocycles. The summed E-state index contributed by atoms with van der Waals surface area (Å²) in [6, 6.07) is 3.16. The fourth-order valence-corrected chi connectivity index (χ4v) is 3.84. The van der Waals surface area contributed by atoms with Crippen molar-refractivity contribution < 1.29 is 8.42 Å². The molecule has 0 saturated heterocycles. The molecular weight excluding hydrogens is 288 g/mol. The molecule has 0 radical (unpaired) electrons. The zero-order valence-electron chi connectivity index (χ0n) is 8.44. The van der Waals surface area contributed by atoms with Gasteiger partial charge in [0.2, 0.25) is 10.0 Å². The second-order valence-corrected chi connectivity index (χ2v) is 7.23. The number of hydrogen-bond donors (Lipinski definition) is 2. The van der Waals surface area contributed by atoms with Gasteiger partial charge in [0.1, 0.15) is 5.75 Å². The highest BCUT2D eigenvalue weighted by Crippen LogP contribution is 2.26. The van der Waals surface area contributed by atoms with Gasteiger partial charge in [0, 0.05) is 4.88 Å². The Morgan fingerprint density at radius 3 is 2.75 bits per heavy atom. The third-order valence-electron chi connectivity index (χ3n) is 1.71. The zero-order chi connectivity index (χ0) is 12.3. The lowest BCUT2D eigenvalue weighted by Crippen LogP contribution is -2.33. The number of rotatable bonds is 5. The lowest BCUT2D eigenvalue weighted by molar-refractivity contribution is 0.572. The fourth-order valence-electron chi connectivity index (χ4n) is 1.12. The van der Waals surface area contributed by atoms with Crippen molar-refractivity contribution in [3.8, 4) is 0 Å². The van der Waals surface area contributed by atoms with E-state index in [0.29, 0.717) is 4.34 Å². The van der Waals surface area contributed by atoms with Crippen LogP contribution in [-0.2, 0) is 10.0 Å². The van der Waals surface area contributed by atoms with Crippen LogP contribution in [0.15, 0.2) is 12.1 Å². The smallest absolute Gasteiger partial charge is 0.218 e. The van der Waals surface area contributed by atoms with Crippen LogP contribution < -0.4 is 10.5 Å². The number of sulfonamides is 1. The fraction of sp³-hybridized carbons (Fsp3) is 0.375. The van der Waals surface area contributed by atoms with Crippen LogP contribution in [0, 0.1) is 0 Å². The Kier molecular flexibility index (Phi) is 4.69. The van der Waals surface area contributed by atoms with E-state index in [4.69, 9.17) is 17.3 Å². The van der Waals surface area contributed by atoms with Crippen LogP contribution in [-0.4, -0.2) is 19.2 Å². The molecule has 0 aliphatic carbocycles. The van der Waals surface area contributed by atoms with Crippen LogP contribution in [0.5, 0.6) is 0 Å². The first kappa shape index (κ1) is 13.9. The summed E-state index contributed by atoms with van der Waals surface area (Å²) >= 11 is 11.6. The molecule has 1 atom stereocenters. The Morgan fingerprint density at radius 2 is 2.31 bits per heavy atom. The van der Waals surface area contributed by atoms with E-state index in [1.165, 1.54) is 11.3 Å². The Morgan fingerprint density at radius 1 is 1.69 bits per heavy atom. The summed E-state index contributed by atoms with van der Waals surface area (Å²) < 4.78 is 26.1. The molecule has 0 fully saturated rings. The lowest BCUT2D eigenvalue weighted by atomic mass is 10.3. The normalized spacial score (nSPS) is 13.6. The van der Waals surface area contributed by atoms with Gasteiger partial charge in [-0.15, -0.1) is 11.3 Å². The van der Waals surface area contributed by atoms with Crippen molar-refractivity contribution in [3.05, 3.63) is 21.3 Å². The minimum Gasteiger partial charge on any atom is -0.392 e. The second kappa shape index (κ2) is 5.42. The average Bonchev–Trinajstić information content (AvgIpc) is 2.47. The molecule has 0 bridgehead atoms. The molecule has 1 aromatic rings. The average molecular weight is 299 g/mol. The number of nitrogens with one attached hydrogen (secondary N) is 1. The van der Waals surface area contributed by atoms with Crippen LogP contribution in [0.2, 0.25) is 4.34 Å². The Balaban J connectivity index is 2.71. The van der Waals surface area contributed by atoms with E-state index >= 15 is 0 Å². The van der Waals surface area contributed by atoms with Crippen LogP contribution in [0.4, 0.5) is 0 Å². The predicted octanol–water partition coefficient (Wildman–Crippen LogP) is 1.67. The van der Waals surface area contributed by atoms with E-state index in [1.807, 2.05) is 0 Å². The first-order valence-electron chi connectivity index (χ1n) is 4.34. The summed E-state index contributed by atoms with van der Waals surface area (Å²) in [5, 5.41) is 0. The highest BCUT2D eigenvalue weighted by Gasteiger charge is 2.17. The van der Waals surface area contributed by atoms with E-state index in [2.05, 4.69) is 16.9 Å². The molecule has 8 heteroatoms. The summed E-state index contributed by atoms with van der Waals surface area (Å²) in [6.07, 6.45) is 0. The van der Waals surface area contributed by atoms with Crippen molar-refractivity contribution in [1.82, 2.24) is 4.72 Å². The maximum Gasteiger partial charge on any atom is 0.218 e. The minimum absolute atomic E-state index is 0.0519. The zero-order valence-corrected chi connectivity index (χ0v) is 11.6. The van der Waals surface area contributed by atoms with Gasteiger partial charge in [-0.1, -0.05) is 23.8 Å². The number of thiophene rings is 1. The van der Waals surface area contributed by atoms with Gasteiger partial charge in [-0.05, 0) is 19.1 Å². The van der Waals surface area contributed by atoms with Gasteiger partial charge in [-0.2, -0.15) is 0 Å². The van der Waals surface area contributed by atoms with E-state index in [1.54, 1.807) is 19.1 Å². The molecule has 0 aliphatic heterocycles. The van der Waals surface area contributed by atoms with Crippen molar-refractivity contribution >= 4 is 50.2 Å². The first-order valence-corrected chi connectivity index (χ1v) is 7.59. The maximum atomic E-state index is 11.5. The third-order valence-corrected chi connectivity index (χ3v) is 4.85. The largest absolute Gasteiger partial charge is 0.392 e. The monoisotopic (exact) mass is 298 g/mol. The molecule has 0 spiro atoms. The van der Waals surface area contributed by atoms with Crippen molar-refractivity contribution in [2.45, 2.75) is 13.0 Å². The number of thiocarbonyl (C=S) groups is 1. The summed E-state index contributed by atoms with van der Waals surface area (Å²) in [5.41, 5.74) is 5.19. The van der Waals surface area contributed by atoms with Crippen LogP contribution in [0.25, 0.3) is 0 Å². The van der Waals surface area contributed by atoms with Crippen LogP contribution in [0.1, 0.15) is 17.8 Å². The molecule has 0 aliphatic rings. The highest BCUT2D eigenvalue weighted by molar-refractivity contribution is 7.92. The molecule has 90 valence electrons. The molecule has 3 N–H and O–H groups in total. The van der Waals surface area contributed by atoms with Crippen LogP contribution >= 0.6 is 35.2 Å². The summed E-state index contributed by atoms with van der Waals surface area (Å²) in [4.78, 5) is 0.792. The Bertz CT molecular complexity index is 483. The minimum atomic E-state index is -3.47. The van der Waals surface area contributed by atoms with Gasteiger partial charge in [-0.3, -0.25) is 0 Å². The van der Waals surface area contributed by atoms with Gasteiger partial charge in [-0.25, -0.2) is 13.1 Å². The molecule has 16 heavy (non-hydrogen) atoms. The lowest BCUT2D eigenvalue weighted by Gasteiger charge is -2.11. The standard InChI is InChI=1S/C8H11ClN2O2S3/c1-5(6-2-3-7(9)15-6)11-16(12,13)4-8(10)14/h2-3,5,11H,4H2,1H3,(H2,10,14). The maximum absolute atomic E-state index is 11.5. The summed E-state index contributed by atoms with van der Waals surface area (Å²) in [5.74, 6) is -0.341.